The van der Waals surface area contributed by atoms with Crippen molar-refractivity contribution in [2.75, 3.05) is 26.9 Å². The minimum atomic E-state index is -0.0742. The molecule has 4 nitrogen and oxygen atoms in total. The molecule has 0 aliphatic heterocycles. The second kappa shape index (κ2) is 7.09. The number of nitrogens with two attached hydrogens (primary N) is 1. The van der Waals surface area contributed by atoms with Gasteiger partial charge in [0.25, 0.3) is 0 Å². The highest BCUT2D eigenvalue weighted by atomic mass is 16.5. The van der Waals surface area contributed by atoms with Gasteiger partial charge in [-0.05, 0) is 19.1 Å². The van der Waals surface area contributed by atoms with Crippen LogP contribution in [0.3, 0.4) is 0 Å². The number of para-hydroxylation sites is 2. The molecule has 0 saturated heterocycles. The molecule has 1 unspecified atom stereocenters. The molecule has 0 aliphatic rings. The van der Waals surface area contributed by atoms with Gasteiger partial charge >= 0.3 is 0 Å². The summed E-state index contributed by atoms with van der Waals surface area (Å²) in [6.07, 6.45) is -0.0742. The summed E-state index contributed by atoms with van der Waals surface area (Å²) in [5.41, 5.74) is 5.56. The summed E-state index contributed by atoms with van der Waals surface area (Å²) in [5.74, 6) is 1.43. The second-order valence-corrected chi connectivity index (χ2v) is 3.27. The minimum Gasteiger partial charge on any atom is -0.493 e. The first-order valence-corrected chi connectivity index (χ1v) is 5.39. The molecule has 0 heterocycles. The lowest BCUT2D eigenvalue weighted by Crippen LogP contribution is -2.30. The Labute approximate surface area is 96.3 Å². The highest BCUT2D eigenvalue weighted by molar-refractivity contribution is 5.39. The Bertz CT molecular complexity index is 304. The summed E-state index contributed by atoms with van der Waals surface area (Å²) in [7, 11) is 1.62. The fourth-order valence-electron chi connectivity index (χ4n) is 1.34. The van der Waals surface area contributed by atoms with Crippen molar-refractivity contribution < 1.29 is 14.2 Å². The van der Waals surface area contributed by atoms with E-state index in [1.807, 2.05) is 31.2 Å². The first kappa shape index (κ1) is 12.8. The molecule has 4 heteroatoms. The SMILES string of the molecule is CCOC(CN)COc1ccccc1OC. The van der Waals surface area contributed by atoms with Crippen molar-refractivity contribution in [1.29, 1.82) is 0 Å². The molecular weight excluding hydrogens is 206 g/mol. The zero-order valence-electron chi connectivity index (χ0n) is 9.81. The first-order valence-electron chi connectivity index (χ1n) is 5.39. The Kier molecular flexibility index (Phi) is 5.67. The number of rotatable bonds is 7. The number of hydrogen-bond donors (Lipinski definition) is 1. The molecule has 2 N–H and O–H groups in total. The number of hydrogen-bond acceptors (Lipinski definition) is 4. The molecule has 1 aromatic carbocycles. The molecule has 1 aromatic rings. The summed E-state index contributed by atoms with van der Waals surface area (Å²) in [6.45, 7) is 3.45. The molecule has 0 bridgehead atoms. The Morgan fingerprint density at radius 2 is 1.94 bits per heavy atom. The predicted molar refractivity (Wildman–Crippen MR) is 63.0 cm³/mol. The fraction of sp³-hybridized carbons (Fsp3) is 0.500. The summed E-state index contributed by atoms with van der Waals surface area (Å²) < 4.78 is 16.2. The molecule has 0 radical (unpaired) electrons. The van der Waals surface area contributed by atoms with Crippen molar-refractivity contribution in [3.8, 4) is 11.5 Å². The van der Waals surface area contributed by atoms with Crippen LogP contribution in [0.5, 0.6) is 11.5 Å². The lowest BCUT2D eigenvalue weighted by Gasteiger charge is -2.16. The molecule has 0 aromatic heterocycles. The van der Waals surface area contributed by atoms with Crippen LogP contribution in [0.25, 0.3) is 0 Å². The van der Waals surface area contributed by atoms with Gasteiger partial charge in [0.2, 0.25) is 0 Å². The first-order chi connectivity index (χ1) is 7.81. The number of ether oxygens (including phenoxy) is 3. The van der Waals surface area contributed by atoms with Crippen LogP contribution in [0.15, 0.2) is 24.3 Å². The van der Waals surface area contributed by atoms with E-state index in [9.17, 15) is 0 Å². The van der Waals surface area contributed by atoms with E-state index in [0.717, 1.165) is 5.75 Å². The monoisotopic (exact) mass is 225 g/mol. The van der Waals surface area contributed by atoms with Gasteiger partial charge in [-0.2, -0.15) is 0 Å². The second-order valence-electron chi connectivity index (χ2n) is 3.27. The number of methoxy groups -OCH3 is 1. The normalized spacial score (nSPS) is 12.2. The van der Waals surface area contributed by atoms with E-state index in [2.05, 4.69) is 0 Å². The highest BCUT2D eigenvalue weighted by Crippen LogP contribution is 2.25. The van der Waals surface area contributed by atoms with Gasteiger partial charge in [-0.15, -0.1) is 0 Å². The Morgan fingerprint density at radius 1 is 1.25 bits per heavy atom. The maximum absolute atomic E-state index is 5.60. The van der Waals surface area contributed by atoms with Crippen molar-refractivity contribution in [3.05, 3.63) is 24.3 Å². The average molecular weight is 225 g/mol. The van der Waals surface area contributed by atoms with Crippen molar-refractivity contribution in [3.63, 3.8) is 0 Å². The maximum Gasteiger partial charge on any atom is 0.161 e. The topological polar surface area (TPSA) is 53.7 Å². The van der Waals surface area contributed by atoms with Gasteiger partial charge in [0.05, 0.1) is 7.11 Å². The van der Waals surface area contributed by atoms with Gasteiger partial charge in [-0.25, -0.2) is 0 Å². The van der Waals surface area contributed by atoms with Gasteiger partial charge < -0.3 is 19.9 Å². The smallest absolute Gasteiger partial charge is 0.161 e. The zero-order chi connectivity index (χ0) is 11.8. The average Bonchev–Trinajstić information content (AvgIpc) is 2.34. The summed E-state index contributed by atoms with van der Waals surface area (Å²) in [4.78, 5) is 0. The standard InChI is InChI=1S/C12H19NO3/c1-3-15-10(8-13)9-16-12-7-5-4-6-11(12)14-2/h4-7,10H,3,8-9,13H2,1-2H3. The quantitative estimate of drug-likeness (QED) is 0.763. The molecular formula is C12H19NO3. The molecule has 1 rings (SSSR count). The van der Waals surface area contributed by atoms with E-state index in [1.165, 1.54) is 0 Å². The minimum absolute atomic E-state index is 0.0742. The third-order valence-electron chi connectivity index (χ3n) is 2.16. The lowest BCUT2D eigenvalue weighted by atomic mass is 10.3. The fourth-order valence-corrected chi connectivity index (χ4v) is 1.34. The molecule has 0 amide bonds. The summed E-state index contributed by atoms with van der Waals surface area (Å²) in [6, 6.07) is 7.51. The predicted octanol–water partition coefficient (Wildman–Crippen LogP) is 1.44. The summed E-state index contributed by atoms with van der Waals surface area (Å²) >= 11 is 0. The van der Waals surface area contributed by atoms with E-state index in [-0.39, 0.29) is 6.10 Å². The Morgan fingerprint density at radius 3 is 2.50 bits per heavy atom. The van der Waals surface area contributed by atoms with Crippen LogP contribution < -0.4 is 15.2 Å². The zero-order valence-corrected chi connectivity index (χ0v) is 9.81. The van der Waals surface area contributed by atoms with Crippen LogP contribution in [0, 0.1) is 0 Å². The van der Waals surface area contributed by atoms with Gasteiger partial charge in [0.15, 0.2) is 11.5 Å². The molecule has 0 saturated carbocycles. The third kappa shape index (κ3) is 3.72. The maximum atomic E-state index is 5.60. The van der Waals surface area contributed by atoms with Crippen LogP contribution in [0.4, 0.5) is 0 Å². The van der Waals surface area contributed by atoms with E-state index in [0.29, 0.717) is 25.5 Å². The van der Waals surface area contributed by atoms with E-state index in [1.54, 1.807) is 7.11 Å². The van der Waals surface area contributed by atoms with Crippen molar-refractivity contribution >= 4 is 0 Å². The van der Waals surface area contributed by atoms with Crippen LogP contribution in [0.2, 0.25) is 0 Å². The molecule has 0 fully saturated rings. The van der Waals surface area contributed by atoms with E-state index in [4.69, 9.17) is 19.9 Å². The van der Waals surface area contributed by atoms with Crippen LogP contribution >= 0.6 is 0 Å². The lowest BCUT2D eigenvalue weighted by molar-refractivity contribution is 0.0330. The summed E-state index contributed by atoms with van der Waals surface area (Å²) in [5, 5.41) is 0. The Hall–Kier alpha value is -1.26. The van der Waals surface area contributed by atoms with Crippen molar-refractivity contribution in [2.24, 2.45) is 5.73 Å². The molecule has 0 aliphatic carbocycles. The van der Waals surface area contributed by atoms with Crippen molar-refractivity contribution in [2.45, 2.75) is 13.0 Å². The molecule has 16 heavy (non-hydrogen) atoms. The molecule has 90 valence electrons. The van der Waals surface area contributed by atoms with Crippen LogP contribution in [-0.4, -0.2) is 33.0 Å². The van der Waals surface area contributed by atoms with Gasteiger partial charge in [-0.1, -0.05) is 12.1 Å². The Balaban J connectivity index is 2.52. The van der Waals surface area contributed by atoms with Gasteiger partial charge in [-0.3, -0.25) is 0 Å². The third-order valence-corrected chi connectivity index (χ3v) is 2.16. The van der Waals surface area contributed by atoms with Crippen LogP contribution in [0.1, 0.15) is 6.92 Å². The molecule has 0 spiro atoms. The van der Waals surface area contributed by atoms with Gasteiger partial charge in [0.1, 0.15) is 12.7 Å². The largest absolute Gasteiger partial charge is 0.493 e. The number of benzene rings is 1. The van der Waals surface area contributed by atoms with Crippen LogP contribution in [-0.2, 0) is 4.74 Å². The van der Waals surface area contributed by atoms with E-state index < -0.39 is 0 Å². The molecule has 1 atom stereocenters. The highest BCUT2D eigenvalue weighted by Gasteiger charge is 2.09. The van der Waals surface area contributed by atoms with Crippen molar-refractivity contribution in [1.82, 2.24) is 0 Å². The van der Waals surface area contributed by atoms with Gasteiger partial charge in [0, 0.05) is 13.2 Å². The van der Waals surface area contributed by atoms with E-state index >= 15 is 0 Å².